The fourth-order valence-electron chi connectivity index (χ4n) is 1.02. The van der Waals surface area contributed by atoms with Crippen LogP contribution in [-0.4, -0.2) is 15.5 Å². The van der Waals surface area contributed by atoms with Crippen molar-refractivity contribution in [3.63, 3.8) is 0 Å². The third kappa shape index (κ3) is 2.24. The molecule has 3 heteroatoms. The van der Waals surface area contributed by atoms with E-state index in [4.69, 9.17) is 11.6 Å². The summed E-state index contributed by atoms with van der Waals surface area (Å²) in [6.45, 7) is 0. The first-order valence-corrected chi connectivity index (χ1v) is 5.74. The zero-order chi connectivity index (χ0) is 7.56. The number of rotatable bonds is 1. The molecule has 0 heterocycles. The SMILES string of the molecule is ClC1CC(Br)CC=C1CBr. The smallest absolute Gasteiger partial charge is 0.0564 e. The van der Waals surface area contributed by atoms with E-state index in [0.29, 0.717) is 4.83 Å². The van der Waals surface area contributed by atoms with Crippen molar-refractivity contribution in [1.29, 1.82) is 0 Å². The molecular weight excluding hydrogens is 279 g/mol. The fraction of sp³-hybridized carbons (Fsp3) is 0.714. The van der Waals surface area contributed by atoms with E-state index in [-0.39, 0.29) is 5.38 Å². The molecule has 0 spiro atoms. The summed E-state index contributed by atoms with van der Waals surface area (Å²) >= 11 is 13.0. The van der Waals surface area contributed by atoms with Gasteiger partial charge in [0.1, 0.15) is 0 Å². The Morgan fingerprint density at radius 2 is 2.40 bits per heavy atom. The summed E-state index contributed by atoms with van der Waals surface area (Å²) in [5.41, 5.74) is 1.33. The van der Waals surface area contributed by atoms with Gasteiger partial charge in [0.15, 0.2) is 0 Å². The first kappa shape index (κ1) is 9.08. The molecule has 0 amide bonds. The Kier molecular flexibility index (Phi) is 3.75. The summed E-state index contributed by atoms with van der Waals surface area (Å²) in [6, 6.07) is 0. The second-order valence-corrected chi connectivity index (χ2v) is 4.83. The van der Waals surface area contributed by atoms with Gasteiger partial charge in [0, 0.05) is 10.2 Å². The van der Waals surface area contributed by atoms with Crippen LogP contribution < -0.4 is 0 Å². The van der Waals surface area contributed by atoms with E-state index in [1.54, 1.807) is 0 Å². The average Bonchev–Trinajstić information content (AvgIpc) is 1.88. The Labute approximate surface area is 83.3 Å². The molecule has 0 aromatic rings. The summed E-state index contributed by atoms with van der Waals surface area (Å²) < 4.78 is 0. The molecule has 0 saturated carbocycles. The van der Waals surface area contributed by atoms with Crippen LogP contribution in [0.25, 0.3) is 0 Å². The van der Waals surface area contributed by atoms with Crippen molar-refractivity contribution in [3.8, 4) is 0 Å². The Bertz CT molecular complexity index is 145. The van der Waals surface area contributed by atoms with E-state index in [1.807, 2.05) is 0 Å². The van der Waals surface area contributed by atoms with E-state index < -0.39 is 0 Å². The Balaban J connectivity index is 2.57. The topological polar surface area (TPSA) is 0 Å². The van der Waals surface area contributed by atoms with Crippen LogP contribution in [0, 0.1) is 0 Å². The molecule has 0 aromatic carbocycles. The zero-order valence-electron chi connectivity index (χ0n) is 5.49. The molecule has 2 atom stereocenters. The fourth-order valence-corrected chi connectivity index (χ4v) is 2.98. The lowest BCUT2D eigenvalue weighted by Gasteiger charge is -2.20. The van der Waals surface area contributed by atoms with Crippen molar-refractivity contribution >= 4 is 43.5 Å². The van der Waals surface area contributed by atoms with Gasteiger partial charge in [-0.25, -0.2) is 0 Å². The Morgan fingerprint density at radius 1 is 1.70 bits per heavy atom. The standard InChI is InChI=1S/C7H9Br2Cl/c8-4-5-1-2-6(9)3-7(5)10/h1,6-7H,2-4H2. The highest BCUT2D eigenvalue weighted by Crippen LogP contribution is 2.28. The van der Waals surface area contributed by atoms with Crippen molar-refractivity contribution in [3.05, 3.63) is 11.6 Å². The molecule has 0 aromatic heterocycles. The number of halogens is 3. The summed E-state index contributed by atoms with van der Waals surface area (Å²) in [4.78, 5) is 0.581. The van der Waals surface area contributed by atoms with E-state index in [9.17, 15) is 0 Å². The molecule has 2 unspecified atom stereocenters. The minimum Gasteiger partial charge on any atom is -0.118 e. The van der Waals surface area contributed by atoms with E-state index in [1.165, 1.54) is 5.57 Å². The van der Waals surface area contributed by atoms with Gasteiger partial charge in [-0.1, -0.05) is 37.9 Å². The van der Waals surface area contributed by atoms with Gasteiger partial charge in [0.05, 0.1) is 5.38 Å². The highest BCUT2D eigenvalue weighted by Gasteiger charge is 2.19. The first-order valence-electron chi connectivity index (χ1n) is 3.27. The Hall–Kier alpha value is 0.990. The molecule has 0 nitrogen and oxygen atoms in total. The molecule has 1 rings (SSSR count). The van der Waals surface area contributed by atoms with Gasteiger partial charge < -0.3 is 0 Å². The first-order chi connectivity index (χ1) is 4.74. The number of hydrogen-bond donors (Lipinski definition) is 0. The molecule has 0 fully saturated rings. The van der Waals surface area contributed by atoms with Gasteiger partial charge in [-0.15, -0.1) is 11.6 Å². The lowest BCUT2D eigenvalue weighted by atomic mass is 10.0. The van der Waals surface area contributed by atoms with Crippen molar-refractivity contribution < 1.29 is 0 Å². The maximum atomic E-state index is 6.05. The molecule has 1 aliphatic rings. The van der Waals surface area contributed by atoms with Crippen molar-refractivity contribution in [2.45, 2.75) is 23.0 Å². The maximum Gasteiger partial charge on any atom is 0.0564 e. The van der Waals surface area contributed by atoms with Crippen LogP contribution in [-0.2, 0) is 0 Å². The second-order valence-electron chi connectivity index (χ2n) is 2.45. The largest absolute Gasteiger partial charge is 0.118 e. The third-order valence-corrected chi connectivity index (χ3v) is 3.51. The van der Waals surface area contributed by atoms with Gasteiger partial charge in [-0.05, 0) is 18.4 Å². The highest BCUT2D eigenvalue weighted by atomic mass is 79.9. The summed E-state index contributed by atoms with van der Waals surface area (Å²) in [6.07, 6.45) is 4.39. The monoisotopic (exact) mass is 286 g/mol. The third-order valence-electron chi connectivity index (χ3n) is 1.66. The minimum atomic E-state index is 0.234. The van der Waals surface area contributed by atoms with Crippen LogP contribution in [0.3, 0.4) is 0 Å². The van der Waals surface area contributed by atoms with Crippen LogP contribution in [0.5, 0.6) is 0 Å². The second kappa shape index (κ2) is 4.13. The van der Waals surface area contributed by atoms with Gasteiger partial charge in [0.25, 0.3) is 0 Å². The van der Waals surface area contributed by atoms with E-state index in [2.05, 4.69) is 37.9 Å². The quantitative estimate of drug-likeness (QED) is 0.512. The van der Waals surface area contributed by atoms with Gasteiger partial charge in [-0.3, -0.25) is 0 Å². The number of allylic oxidation sites excluding steroid dienone is 2. The maximum absolute atomic E-state index is 6.05. The molecule has 58 valence electrons. The minimum absolute atomic E-state index is 0.234. The Morgan fingerprint density at radius 3 is 2.90 bits per heavy atom. The molecular formula is C7H9Br2Cl. The van der Waals surface area contributed by atoms with Crippen LogP contribution in [0.1, 0.15) is 12.8 Å². The van der Waals surface area contributed by atoms with Crippen LogP contribution >= 0.6 is 43.5 Å². The summed E-state index contributed by atoms with van der Waals surface area (Å²) in [5, 5.41) is 1.15. The van der Waals surface area contributed by atoms with Crippen molar-refractivity contribution in [2.24, 2.45) is 0 Å². The highest BCUT2D eigenvalue weighted by molar-refractivity contribution is 9.09. The van der Waals surface area contributed by atoms with E-state index in [0.717, 1.165) is 18.2 Å². The number of hydrogen-bond acceptors (Lipinski definition) is 0. The number of alkyl halides is 3. The molecule has 0 bridgehead atoms. The van der Waals surface area contributed by atoms with Crippen molar-refractivity contribution in [2.75, 3.05) is 5.33 Å². The van der Waals surface area contributed by atoms with Crippen molar-refractivity contribution in [1.82, 2.24) is 0 Å². The molecule has 10 heavy (non-hydrogen) atoms. The molecule has 0 aliphatic heterocycles. The predicted octanol–water partition coefficient (Wildman–Crippen LogP) is 3.47. The van der Waals surface area contributed by atoms with E-state index >= 15 is 0 Å². The molecule has 0 radical (unpaired) electrons. The van der Waals surface area contributed by atoms with Crippen LogP contribution in [0.15, 0.2) is 11.6 Å². The van der Waals surface area contributed by atoms with Crippen LogP contribution in [0.2, 0.25) is 0 Å². The average molecular weight is 288 g/mol. The lowest BCUT2D eigenvalue weighted by Crippen LogP contribution is -2.16. The molecule has 0 N–H and O–H groups in total. The predicted molar refractivity (Wildman–Crippen MR) is 53.5 cm³/mol. The summed E-state index contributed by atoms with van der Waals surface area (Å²) in [5.74, 6) is 0. The lowest BCUT2D eigenvalue weighted by molar-refractivity contribution is 0.737. The van der Waals surface area contributed by atoms with Gasteiger partial charge in [-0.2, -0.15) is 0 Å². The molecule has 0 saturated heterocycles. The zero-order valence-corrected chi connectivity index (χ0v) is 9.42. The molecule has 1 aliphatic carbocycles. The van der Waals surface area contributed by atoms with Gasteiger partial charge in [0.2, 0.25) is 0 Å². The normalized spacial score (nSPS) is 33.7. The summed E-state index contributed by atoms with van der Waals surface area (Å²) in [7, 11) is 0. The van der Waals surface area contributed by atoms with Crippen LogP contribution in [0.4, 0.5) is 0 Å². The van der Waals surface area contributed by atoms with Gasteiger partial charge >= 0.3 is 0 Å².